The van der Waals surface area contributed by atoms with Gasteiger partial charge in [-0.15, -0.1) is 0 Å². The third kappa shape index (κ3) is 5.21. The Morgan fingerprint density at radius 3 is 1.82 bits per heavy atom. The molecule has 34 heavy (non-hydrogen) atoms. The lowest BCUT2D eigenvalue weighted by Gasteiger charge is -2.42. The highest BCUT2D eigenvalue weighted by atomic mass is 32.2. The van der Waals surface area contributed by atoms with Crippen LogP contribution in [-0.2, 0) is 14.6 Å². The van der Waals surface area contributed by atoms with Gasteiger partial charge in [0.25, 0.3) is 0 Å². The van der Waals surface area contributed by atoms with Crippen LogP contribution in [0.5, 0.6) is 0 Å². The summed E-state index contributed by atoms with van der Waals surface area (Å²) in [5.41, 5.74) is 2.57. The number of rotatable bonds is 5. The van der Waals surface area contributed by atoms with Gasteiger partial charge in [-0.2, -0.15) is 0 Å². The number of piperazine rings is 1. The Hall–Kier alpha value is -2.22. The maximum Gasteiger partial charge on any atom is 0.225 e. The SMILES string of the molecule is O=C(C1CCN([C@@H]2CCS(=O)(=O)C2)CC1)N1CCN(C(c2ccccc2)c2ccccc2)CC1. The zero-order valence-electron chi connectivity index (χ0n) is 19.8. The van der Waals surface area contributed by atoms with E-state index in [1.807, 2.05) is 0 Å². The third-order valence-electron chi connectivity index (χ3n) is 7.83. The van der Waals surface area contributed by atoms with Gasteiger partial charge >= 0.3 is 0 Å². The highest BCUT2D eigenvalue weighted by Crippen LogP contribution is 2.30. The Morgan fingerprint density at radius 2 is 1.32 bits per heavy atom. The Kier molecular flexibility index (Phi) is 7.04. The summed E-state index contributed by atoms with van der Waals surface area (Å²) < 4.78 is 23.7. The van der Waals surface area contributed by atoms with Crippen LogP contribution in [0.1, 0.15) is 36.4 Å². The van der Waals surface area contributed by atoms with E-state index in [2.05, 4.69) is 75.4 Å². The van der Waals surface area contributed by atoms with Gasteiger partial charge in [-0.25, -0.2) is 8.42 Å². The summed E-state index contributed by atoms with van der Waals surface area (Å²) in [4.78, 5) is 20.2. The number of piperidine rings is 1. The second-order valence-electron chi connectivity index (χ2n) is 9.95. The minimum Gasteiger partial charge on any atom is -0.340 e. The molecule has 0 saturated carbocycles. The summed E-state index contributed by atoms with van der Waals surface area (Å²) in [5.74, 6) is 0.958. The molecule has 0 N–H and O–H groups in total. The van der Waals surface area contributed by atoms with Gasteiger partial charge in [0.1, 0.15) is 0 Å². The largest absolute Gasteiger partial charge is 0.340 e. The lowest BCUT2D eigenvalue weighted by atomic mass is 9.93. The van der Waals surface area contributed by atoms with Gasteiger partial charge in [0.05, 0.1) is 17.5 Å². The van der Waals surface area contributed by atoms with Crippen molar-refractivity contribution in [3.8, 4) is 0 Å². The lowest BCUT2D eigenvalue weighted by molar-refractivity contribution is -0.139. The molecule has 3 aliphatic rings. The molecule has 5 rings (SSSR count). The number of likely N-dealkylation sites (tertiary alicyclic amines) is 1. The van der Waals surface area contributed by atoms with E-state index in [0.29, 0.717) is 5.75 Å². The van der Waals surface area contributed by atoms with Crippen LogP contribution in [0.15, 0.2) is 60.7 Å². The molecule has 7 heteroatoms. The predicted octanol–water partition coefficient (Wildman–Crippen LogP) is 2.82. The first-order valence-electron chi connectivity index (χ1n) is 12.6. The molecule has 2 aromatic carbocycles. The maximum atomic E-state index is 13.3. The van der Waals surface area contributed by atoms with Crippen molar-refractivity contribution in [1.82, 2.24) is 14.7 Å². The molecule has 6 nitrogen and oxygen atoms in total. The summed E-state index contributed by atoms with van der Waals surface area (Å²) in [5, 5.41) is 0. The first kappa shape index (κ1) is 23.5. The zero-order chi connectivity index (χ0) is 23.5. The second kappa shape index (κ2) is 10.2. The molecule has 0 unspecified atom stereocenters. The van der Waals surface area contributed by atoms with Gasteiger partial charge in [-0.3, -0.25) is 14.6 Å². The molecule has 0 aromatic heterocycles. The van der Waals surface area contributed by atoms with Crippen molar-refractivity contribution in [2.75, 3.05) is 50.8 Å². The summed E-state index contributed by atoms with van der Waals surface area (Å²) in [6, 6.07) is 21.6. The van der Waals surface area contributed by atoms with Gasteiger partial charge in [-0.1, -0.05) is 60.7 Å². The molecule has 1 amide bonds. The number of hydrogen-bond acceptors (Lipinski definition) is 5. The van der Waals surface area contributed by atoms with Crippen LogP contribution >= 0.6 is 0 Å². The summed E-state index contributed by atoms with van der Waals surface area (Å²) >= 11 is 0. The molecule has 182 valence electrons. The monoisotopic (exact) mass is 481 g/mol. The van der Waals surface area contributed by atoms with E-state index >= 15 is 0 Å². The fraction of sp³-hybridized carbons (Fsp3) is 0.519. The van der Waals surface area contributed by atoms with Crippen molar-refractivity contribution < 1.29 is 13.2 Å². The van der Waals surface area contributed by atoms with Crippen molar-refractivity contribution in [2.45, 2.75) is 31.3 Å². The van der Waals surface area contributed by atoms with Crippen LogP contribution in [-0.4, -0.2) is 85.8 Å². The summed E-state index contributed by atoms with van der Waals surface area (Å²) in [7, 11) is -2.87. The van der Waals surface area contributed by atoms with Crippen LogP contribution in [0.25, 0.3) is 0 Å². The normalized spacial score (nSPS) is 24.5. The molecule has 3 saturated heterocycles. The van der Waals surface area contributed by atoms with E-state index in [0.717, 1.165) is 58.5 Å². The molecule has 3 fully saturated rings. The van der Waals surface area contributed by atoms with Gasteiger partial charge in [0, 0.05) is 38.1 Å². The third-order valence-corrected chi connectivity index (χ3v) is 9.58. The zero-order valence-corrected chi connectivity index (χ0v) is 20.6. The van der Waals surface area contributed by atoms with Crippen LogP contribution in [0.3, 0.4) is 0 Å². The molecule has 0 bridgehead atoms. The smallest absolute Gasteiger partial charge is 0.225 e. The summed E-state index contributed by atoms with van der Waals surface area (Å²) in [6.45, 7) is 4.91. The number of hydrogen-bond donors (Lipinski definition) is 0. The van der Waals surface area contributed by atoms with E-state index in [1.165, 1.54) is 11.1 Å². The number of benzene rings is 2. The van der Waals surface area contributed by atoms with Crippen molar-refractivity contribution in [1.29, 1.82) is 0 Å². The van der Waals surface area contributed by atoms with Crippen molar-refractivity contribution in [3.05, 3.63) is 71.8 Å². The van der Waals surface area contributed by atoms with Crippen LogP contribution in [0.2, 0.25) is 0 Å². The molecule has 1 atom stereocenters. The second-order valence-corrected chi connectivity index (χ2v) is 12.2. The van der Waals surface area contributed by atoms with Crippen molar-refractivity contribution in [2.24, 2.45) is 5.92 Å². The van der Waals surface area contributed by atoms with E-state index in [4.69, 9.17) is 0 Å². The van der Waals surface area contributed by atoms with Crippen LogP contribution in [0, 0.1) is 5.92 Å². The minimum absolute atomic E-state index is 0.0693. The molecule has 3 aliphatic heterocycles. The minimum atomic E-state index is -2.87. The first-order chi connectivity index (χ1) is 16.5. The Balaban J connectivity index is 1.17. The molecule has 2 aromatic rings. The Morgan fingerprint density at radius 1 is 0.765 bits per heavy atom. The van der Waals surface area contributed by atoms with Crippen molar-refractivity contribution in [3.63, 3.8) is 0 Å². The lowest BCUT2D eigenvalue weighted by Crippen LogP contribution is -2.53. The standard InChI is InChI=1S/C27H35N3O3S/c31-27(24-11-14-28(15-12-24)25-13-20-34(32,33)21-25)30-18-16-29(17-19-30)26(22-7-3-1-4-8-22)23-9-5-2-6-10-23/h1-10,24-26H,11-21H2/t25-/m1/s1. The van der Waals surface area contributed by atoms with Crippen molar-refractivity contribution >= 4 is 15.7 Å². The van der Waals surface area contributed by atoms with Gasteiger partial charge in [0.15, 0.2) is 9.84 Å². The number of carbonyl (C=O) groups is 1. The van der Waals surface area contributed by atoms with E-state index < -0.39 is 9.84 Å². The first-order valence-corrected chi connectivity index (χ1v) is 14.4. The predicted molar refractivity (Wildman–Crippen MR) is 134 cm³/mol. The molecular weight excluding hydrogens is 446 g/mol. The van der Waals surface area contributed by atoms with Gasteiger partial charge in [0.2, 0.25) is 5.91 Å². The van der Waals surface area contributed by atoms with Crippen LogP contribution < -0.4 is 0 Å². The number of sulfone groups is 1. The highest BCUT2D eigenvalue weighted by Gasteiger charge is 2.37. The number of carbonyl (C=O) groups excluding carboxylic acids is 1. The molecule has 0 spiro atoms. The van der Waals surface area contributed by atoms with E-state index in [1.54, 1.807) is 0 Å². The maximum absolute atomic E-state index is 13.3. The molecule has 0 radical (unpaired) electrons. The average Bonchev–Trinajstić information content (AvgIpc) is 3.25. The quantitative estimate of drug-likeness (QED) is 0.657. The molecule has 3 heterocycles. The van der Waals surface area contributed by atoms with E-state index in [-0.39, 0.29) is 29.7 Å². The highest BCUT2D eigenvalue weighted by molar-refractivity contribution is 7.91. The molecular formula is C27H35N3O3S. The topological polar surface area (TPSA) is 60.9 Å². The Bertz CT molecular complexity index is 1020. The number of nitrogens with zero attached hydrogens (tertiary/aromatic N) is 3. The van der Waals surface area contributed by atoms with Gasteiger partial charge in [-0.05, 0) is 43.5 Å². The van der Waals surface area contributed by atoms with Crippen LogP contribution in [0.4, 0.5) is 0 Å². The Labute approximate surface area is 203 Å². The van der Waals surface area contributed by atoms with Gasteiger partial charge < -0.3 is 4.90 Å². The average molecular weight is 482 g/mol. The summed E-state index contributed by atoms with van der Waals surface area (Å²) in [6.07, 6.45) is 2.42. The fourth-order valence-electron chi connectivity index (χ4n) is 5.92. The fourth-order valence-corrected chi connectivity index (χ4v) is 7.68. The molecule has 0 aliphatic carbocycles. The number of amides is 1. The van der Waals surface area contributed by atoms with E-state index in [9.17, 15) is 13.2 Å².